The van der Waals surface area contributed by atoms with E-state index in [0.717, 1.165) is 22.6 Å². The van der Waals surface area contributed by atoms with Crippen LogP contribution in [0.1, 0.15) is 39.4 Å². The lowest BCUT2D eigenvalue weighted by molar-refractivity contribution is -0.119. The Balaban J connectivity index is 1.62. The van der Waals surface area contributed by atoms with E-state index in [0.29, 0.717) is 22.1 Å². The van der Waals surface area contributed by atoms with Gasteiger partial charge in [-0.05, 0) is 79.3 Å². The number of amides is 1. The molecular formula is C30H29N5O4S. The number of rotatable bonds is 8. The van der Waals surface area contributed by atoms with Gasteiger partial charge in [-0.3, -0.25) is 9.78 Å². The fraction of sp³-hybridized carbons (Fsp3) is 0.200. The summed E-state index contributed by atoms with van der Waals surface area (Å²) in [6, 6.07) is 22.2. The molecule has 1 saturated heterocycles. The molecule has 1 aliphatic heterocycles. The van der Waals surface area contributed by atoms with E-state index in [-0.39, 0.29) is 24.6 Å². The zero-order valence-electron chi connectivity index (χ0n) is 22.3. The van der Waals surface area contributed by atoms with Crippen molar-refractivity contribution >= 4 is 40.6 Å². The van der Waals surface area contributed by atoms with Crippen molar-refractivity contribution in [2.75, 3.05) is 31.0 Å². The molecule has 2 unspecified atom stereocenters. The summed E-state index contributed by atoms with van der Waals surface area (Å²) in [5.41, 5.74) is 5.27. The summed E-state index contributed by atoms with van der Waals surface area (Å²) >= 11 is 5.89. The van der Waals surface area contributed by atoms with Crippen molar-refractivity contribution < 1.29 is 19.1 Å². The van der Waals surface area contributed by atoms with Gasteiger partial charge in [-0.1, -0.05) is 18.2 Å². The minimum atomic E-state index is -0.421. The average Bonchev–Trinajstić information content (AvgIpc) is 3.58. The lowest BCUT2D eigenvalue weighted by Crippen LogP contribution is -2.30. The smallest absolute Gasteiger partial charge is 0.339 e. The monoisotopic (exact) mass is 555 g/mol. The lowest BCUT2D eigenvalue weighted by Gasteiger charge is -2.29. The molecule has 3 heterocycles. The Kier molecular flexibility index (Phi) is 7.90. The molecule has 0 bridgehead atoms. The summed E-state index contributed by atoms with van der Waals surface area (Å²) in [6.07, 6.45) is 3.68. The quantitative estimate of drug-likeness (QED) is 0.238. The van der Waals surface area contributed by atoms with E-state index >= 15 is 0 Å². The van der Waals surface area contributed by atoms with E-state index in [2.05, 4.69) is 20.5 Å². The molecule has 5 rings (SSSR count). The van der Waals surface area contributed by atoms with Crippen LogP contribution >= 0.6 is 12.2 Å². The van der Waals surface area contributed by atoms with E-state index in [1.165, 1.54) is 14.2 Å². The molecule has 10 heteroatoms. The molecule has 9 nitrogen and oxygen atoms in total. The Morgan fingerprint density at radius 2 is 1.85 bits per heavy atom. The van der Waals surface area contributed by atoms with Crippen molar-refractivity contribution in [3.8, 4) is 5.69 Å². The zero-order valence-corrected chi connectivity index (χ0v) is 23.1. The molecule has 1 aliphatic rings. The number of nitrogens with one attached hydrogen (secondary N) is 2. The number of methoxy groups -OCH3 is 2. The second kappa shape index (κ2) is 11.7. The maximum atomic E-state index is 12.6. The number of pyridine rings is 1. The van der Waals surface area contributed by atoms with Crippen LogP contribution in [-0.2, 0) is 14.3 Å². The van der Waals surface area contributed by atoms with Crippen LogP contribution in [0.2, 0.25) is 0 Å². The Morgan fingerprint density at radius 1 is 1.05 bits per heavy atom. The molecule has 0 spiro atoms. The van der Waals surface area contributed by atoms with E-state index in [9.17, 15) is 9.59 Å². The maximum absolute atomic E-state index is 12.6. The number of hydrogen-bond acceptors (Lipinski definition) is 6. The molecular weight excluding hydrogens is 526 g/mol. The number of aromatic nitrogens is 2. The topological polar surface area (TPSA) is 97.7 Å². The van der Waals surface area contributed by atoms with Gasteiger partial charge in [0.05, 0.1) is 30.1 Å². The summed E-state index contributed by atoms with van der Waals surface area (Å²) in [5.74, 6) is -0.651. The van der Waals surface area contributed by atoms with Gasteiger partial charge in [0.15, 0.2) is 5.11 Å². The third-order valence-electron chi connectivity index (χ3n) is 6.79. The molecule has 2 atom stereocenters. The molecule has 4 aromatic rings. The Morgan fingerprint density at radius 3 is 2.58 bits per heavy atom. The largest absolute Gasteiger partial charge is 0.465 e. The van der Waals surface area contributed by atoms with Gasteiger partial charge in [-0.15, -0.1) is 0 Å². The van der Waals surface area contributed by atoms with Crippen molar-refractivity contribution in [2.45, 2.75) is 19.0 Å². The number of para-hydroxylation sites is 1. The number of thiocarbonyl (C=S) groups is 1. The lowest BCUT2D eigenvalue weighted by atomic mass is 10.00. The Bertz CT molecular complexity index is 1550. The molecule has 0 aliphatic carbocycles. The second-order valence-corrected chi connectivity index (χ2v) is 9.68. The molecule has 0 radical (unpaired) electrons. The first kappa shape index (κ1) is 27.0. The van der Waals surface area contributed by atoms with Gasteiger partial charge in [0.2, 0.25) is 5.91 Å². The number of anilines is 2. The first-order valence-electron chi connectivity index (χ1n) is 12.7. The van der Waals surface area contributed by atoms with Crippen LogP contribution in [-0.4, -0.2) is 47.4 Å². The second-order valence-electron chi connectivity index (χ2n) is 9.29. The Labute approximate surface area is 237 Å². The number of carbonyl (C=O) groups is 2. The van der Waals surface area contributed by atoms with Gasteiger partial charge in [-0.25, -0.2) is 4.79 Å². The minimum Gasteiger partial charge on any atom is -0.465 e. The Hall–Kier alpha value is -4.54. The first-order valence-corrected chi connectivity index (χ1v) is 13.1. The summed E-state index contributed by atoms with van der Waals surface area (Å²) in [6.45, 7) is 1.90. The van der Waals surface area contributed by atoms with Crippen molar-refractivity contribution in [1.29, 1.82) is 0 Å². The van der Waals surface area contributed by atoms with E-state index < -0.39 is 5.97 Å². The normalized spacial score (nSPS) is 16.5. The van der Waals surface area contributed by atoms with Gasteiger partial charge in [0, 0.05) is 36.6 Å². The number of hydrogen-bond donors (Lipinski definition) is 2. The fourth-order valence-corrected chi connectivity index (χ4v) is 5.36. The number of aryl methyl sites for hydroxylation is 1. The zero-order chi connectivity index (χ0) is 28.2. The van der Waals surface area contributed by atoms with Crippen LogP contribution in [0, 0.1) is 6.92 Å². The third-order valence-corrected chi connectivity index (χ3v) is 7.10. The van der Waals surface area contributed by atoms with Gasteiger partial charge in [-0.2, -0.15) is 0 Å². The molecule has 0 saturated carbocycles. The molecule has 40 heavy (non-hydrogen) atoms. The van der Waals surface area contributed by atoms with Crippen LogP contribution in [0.3, 0.4) is 0 Å². The molecule has 2 N–H and O–H groups in total. The van der Waals surface area contributed by atoms with Crippen LogP contribution in [0.4, 0.5) is 11.4 Å². The highest BCUT2D eigenvalue weighted by Crippen LogP contribution is 2.43. The van der Waals surface area contributed by atoms with Crippen LogP contribution in [0.5, 0.6) is 0 Å². The van der Waals surface area contributed by atoms with Crippen LogP contribution < -0.4 is 15.5 Å². The summed E-state index contributed by atoms with van der Waals surface area (Å²) in [5, 5.41) is 6.88. The number of benzene rings is 2. The van der Waals surface area contributed by atoms with E-state index in [1.807, 2.05) is 84.4 Å². The standard InChI is InChI=1S/C30H29N5O4S/c1-19-17-20(13-14-22(19)32-26(36)18-38-2)35-28(27(33-30(35)40)23-10-6-7-15-31-23)25-12-8-16-34(25)24-11-5-4-9-21(24)29(37)39-3/h4-17,27-28H,18H2,1-3H3,(H,32,36)(H,33,40). The number of nitrogens with zero attached hydrogens (tertiary/aromatic N) is 3. The minimum absolute atomic E-state index is 0.0286. The molecule has 2 aromatic carbocycles. The predicted octanol–water partition coefficient (Wildman–Crippen LogP) is 4.73. The number of esters is 1. The SMILES string of the molecule is COCC(=O)Nc1ccc(N2C(=S)NC(c3ccccn3)C2c2cccn2-c2ccccc2C(=O)OC)cc1C. The summed E-state index contributed by atoms with van der Waals surface area (Å²) < 4.78 is 12.0. The van der Waals surface area contributed by atoms with Crippen molar-refractivity contribution in [1.82, 2.24) is 14.9 Å². The van der Waals surface area contributed by atoms with Gasteiger partial charge < -0.3 is 29.6 Å². The van der Waals surface area contributed by atoms with Crippen molar-refractivity contribution in [3.05, 3.63) is 108 Å². The molecule has 204 valence electrons. The van der Waals surface area contributed by atoms with Gasteiger partial charge in [0.25, 0.3) is 0 Å². The number of carbonyl (C=O) groups excluding carboxylic acids is 2. The summed E-state index contributed by atoms with van der Waals surface area (Å²) in [7, 11) is 2.85. The maximum Gasteiger partial charge on any atom is 0.339 e. The first-order chi connectivity index (χ1) is 19.4. The highest BCUT2D eigenvalue weighted by molar-refractivity contribution is 7.80. The molecule has 1 fully saturated rings. The van der Waals surface area contributed by atoms with E-state index in [4.69, 9.17) is 21.7 Å². The van der Waals surface area contributed by atoms with Crippen LogP contribution in [0.25, 0.3) is 5.69 Å². The average molecular weight is 556 g/mol. The van der Waals surface area contributed by atoms with E-state index in [1.54, 1.807) is 12.3 Å². The predicted molar refractivity (Wildman–Crippen MR) is 157 cm³/mol. The van der Waals surface area contributed by atoms with Crippen LogP contribution in [0.15, 0.2) is 85.2 Å². The molecule has 2 aromatic heterocycles. The fourth-order valence-electron chi connectivity index (χ4n) is 5.01. The number of ether oxygens (including phenoxy) is 2. The van der Waals surface area contributed by atoms with Gasteiger partial charge >= 0.3 is 5.97 Å². The van der Waals surface area contributed by atoms with Crippen molar-refractivity contribution in [3.63, 3.8) is 0 Å². The van der Waals surface area contributed by atoms with Gasteiger partial charge in [0.1, 0.15) is 12.6 Å². The summed E-state index contributed by atoms with van der Waals surface area (Å²) in [4.78, 5) is 31.4. The highest BCUT2D eigenvalue weighted by Gasteiger charge is 2.42. The third kappa shape index (κ3) is 5.18. The molecule has 1 amide bonds. The highest BCUT2D eigenvalue weighted by atomic mass is 32.1. The van der Waals surface area contributed by atoms with Crippen molar-refractivity contribution in [2.24, 2.45) is 0 Å².